The third-order valence-electron chi connectivity index (χ3n) is 5.07. The van der Waals surface area contributed by atoms with Crippen molar-refractivity contribution in [3.05, 3.63) is 16.1 Å². The van der Waals surface area contributed by atoms with Gasteiger partial charge < -0.3 is 0 Å². The van der Waals surface area contributed by atoms with Gasteiger partial charge >= 0.3 is 0 Å². The largest absolute Gasteiger partial charge is 0.280 e. The Kier molecular flexibility index (Phi) is 4.35. The second kappa shape index (κ2) is 5.85. The van der Waals surface area contributed by atoms with Gasteiger partial charge in [-0.3, -0.25) is 0 Å². The van der Waals surface area contributed by atoms with Crippen molar-refractivity contribution in [1.82, 2.24) is 14.0 Å². The van der Waals surface area contributed by atoms with Crippen molar-refractivity contribution in [3.8, 4) is 0 Å². The highest BCUT2D eigenvalue weighted by Gasteiger charge is 2.44. The SMILES string of the molecule is Cc1csc(C2(NS(=O)(=O)N(C)C(C)C3CC3)CCCC2)n1. The molecule has 0 aromatic carbocycles. The van der Waals surface area contributed by atoms with E-state index in [1.54, 1.807) is 18.4 Å². The molecule has 0 bridgehead atoms. The van der Waals surface area contributed by atoms with Crippen LogP contribution in [0.5, 0.6) is 0 Å². The second-order valence-corrected chi connectivity index (χ2v) is 9.37. The zero-order valence-electron chi connectivity index (χ0n) is 13.5. The number of aromatic nitrogens is 1. The van der Waals surface area contributed by atoms with Gasteiger partial charge in [0.1, 0.15) is 5.01 Å². The molecule has 1 heterocycles. The maximum absolute atomic E-state index is 12.8. The zero-order chi connectivity index (χ0) is 16.0. The van der Waals surface area contributed by atoms with Crippen LogP contribution in [-0.2, 0) is 15.7 Å². The molecule has 3 rings (SSSR count). The summed E-state index contributed by atoms with van der Waals surface area (Å²) in [4.78, 5) is 4.57. The molecular formula is C15H25N3O2S2. The molecule has 1 aromatic heterocycles. The molecule has 2 fully saturated rings. The van der Waals surface area contributed by atoms with E-state index in [1.165, 1.54) is 4.31 Å². The minimum Gasteiger partial charge on any atom is -0.245 e. The van der Waals surface area contributed by atoms with Crippen LogP contribution in [0.3, 0.4) is 0 Å². The molecular weight excluding hydrogens is 318 g/mol. The van der Waals surface area contributed by atoms with Gasteiger partial charge in [-0.1, -0.05) is 12.8 Å². The summed E-state index contributed by atoms with van der Waals surface area (Å²) >= 11 is 1.57. The summed E-state index contributed by atoms with van der Waals surface area (Å²) in [5, 5.41) is 2.92. The fourth-order valence-corrected chi connectivity index (χ4v) is 5.95. The van der Waals surface area contributed by atoms with E-state index in [0.717, 1.165) is 49.2 Å². The molecule has 5 nitrogen and oxygen atoms in total. The normalized spacial score (nSPS) is 23.1. The van der Waals surface area contributed by atoms with E-state index in [1.807, 2.05) is 19.2 Å². The smallest absolute Gasteiger partial charge is 0.245 e. The number of hydrogen-bond donors (Lipinski definition) is 1. The zero-order valence-corrected chi connectivity index (χ0v) is 15.1. The lowest BCUT2D eigenvalue weighted by molar-refractivity contribution is 0.327. The maximum Gasteiger partial charge on any atom is 0.280 e. The Labute approximate surface area is 137 Å². The third kappa shape index (κ3) is 3.09. The Bertz CT molecular complexity index is 631. The van der Waals surface area contributed by atoms with E-state index in [4.69, 9.17) is 0 Å². The van der Waals surface area contributed by atoms with Crippen LogP contribution in [-0.4, -0.2) is 30.8 Å². The number of aryl methyl sites for hydroxylation is 1. The van der Waals surface area contributed by atoms with Crippen molar-refractivity contribution < 1.29 is 8.42 Å². The molecule has 0 amide bonds. The summed E-state index contributed by atoms with van der Waals surface area (Å²) in [7, 11) is -1.80. The van der Waals surface area contributed by atoms with Crippen molar-refractivity contribution >= 4 is 21.5 Å². The molecule has 0 aliphatic heterocycles. The van der Waals surface area contributed by atoms with Gasteiger partial charge in [0.2, 0.25) is 0 Å². The van der Waals surface area contributed by atoms with Crippen LogP contribution < -0.4 is 4.72 Å². The summed E-state index contributed by atoms with van der Waals surface area (Å²) in [6.45, 7) is 3.96. The average Bonchev–Trinajstić information content (AvgIpc) is 3.06. The van der Waals surface area contributed by atoms with Gasteiger partial charge in [0.05, 0.1) is 5.54 Å². The monoisotopic (exact) mass is 343 g/mol. The first-order valence-electron chi connectivity index (χ1n) is 8.04. The highest BCUT2D eigenvalue weighted by atomic mass is 32.2. The van der Waals surface area contributed by atoms with Crippen molar-refractivity contribution in [1.29, 1.82) is 0 Å². The van der Waals surface area contributed by atoms with Crippen molar-refractivity contribution in [2.75, 3.05) is 7.05 Å². The van der Waals surface area contributed by atoms with E-state index in [9.17, 15) is 8.42 Å². The fourth-order valence-electron chi connectivity index (χ4n) is 3.33. The molecule has 0 spiro atoms. The third-order valence-corrected chi connectivity index (χ3v) is 7.97. The minimum absolute atomic E-state index is 0.0639. The topological polar surface area (TPSA) is 62.3 Å². The highest BCUT2D eigenvalue weighted by Crippen LogP contribution is 2.41. The van der Waals surface area contributed by atoms with Crippen LogP contribution in [0.15, 0.2) is 5.38 Å². The van der Waals surface area contributed by atoms with Crippen LogP contribution in [0.25, 0.3) is 0 Å². The van der Waals surface area contributed by atoms with Crippen LogP contribution in [0, 0.1) is 12.8 Å². The Morgan fingerprint density at radius 1 is 1.41 bits per heavy atom. The first-order valence-corrected chi connectivity index (χ1v) is 10.4. The summed E-state index contributed by atoms with van der Waals surface area (Å²) < 4.78 is 30.2. The number of hydrogen-bond acceptors (Lipinski definition) is 4. The lowest BCUT2D eigenvalue weighted by Crippen LogP contribution is -2.51. The van der Waals surface area contributed by atoms with E-state index < -0.39 is 15.7 Å². The number of nitrogens with zero attached hydrogens (tertiary/aromatic N) is 2. The molecule has 1 N–H and O–H groups in total. The lowest BCUT2D eigenvalue weighted by atomic mass is 10.0. The molecule has 1 unspecified atom stereocenters. The van der Waals surface area contributed by atoms with Gasteiger partial charge in [0.15, 0.2) is 0 Å². The van der Waals surface area contributed by atoms with Crippen LogP contribution in [0.4, 0.5) is 0 Å². The minimum atomic E-state index is -3.50. The Hall–Kier alpha value is -0.500. The predicted octanol–water partition coefficient (Wildman–Crippen LogP) is 2.79. The standard InChI is InChI=1S/C15H25N3O2S2/c1-11-10-21-14(16-11)15(8-4-5-9-15)17-22(19,20)18(3)12(2)13-6-7-13/h10,12-13,17H,4-9H2,1-3H3. The van der Waals surface area contributed by atoms with Crippen LogP contribution >= 0.6 is 11.3 Å². The second-order valence-electron chi connectivity index (χ2n) is 6.78. The highest BCUT2D eigenvalue weighted by molar-refractivity contribution is 7.87. The Morgan fingerprint density at radius 3 is 2.55 bits per heavy atom. The summed E-state index contributed by atoms with van der Waals surface area (Å²) in [6, 6.07) is 0.0639. The Morgan fingerprint density at radius 2 is 2.05 bits per heavy atom. The maximum atomic E-state index is 12.8. The van der Waals surface area contributed by atoms with Crippen LogP contribution in [0.1, 0.15) is 56.2 Å². The molecule has 1 aromatic rings. The van der Waals surface area contributed by atoms with Crippen molar-refractivity contribution in [2.24, 2.45) is 5.92 Å². The Balaban J connectivity index is 1.84. The van der Waals surface area contributed by atoms with Gasteiger partial charge in [-0.15, -0.1) is 11.3 Å². The molecule has 2 aliphatic rings. The average molecular weight is 344 g/mol. The molecule has 7 heteroatoms. The molecule has 0 radical (unpaired) electrons. The first-order chi connectivity index (χ1) is 10.3. The molecule has 2 saturated carbocycles. The summed E-state index contributed by atoms with van der Waals surface area (Å²) in [5.41, 5.74) is 0.458. The quantitative estimate of drug-likeness (QED) is 0.864. The molecule has 2 aliphatic carbocycles. The molecule has 0 saturated heterocycles. The van der Waals surface area contributed by atoms with Crippen LogP contribution in [0.2, 0.25) is 0 Å². The number of nitrogens with one attached hydrogen (secondary N) is 1. The van der Waals surface area contributed by atoms with Gasteiger partial charge in [-0.05, 0) is 45.4 Å². The van der Waals surface area contributed by atoms with E-state index in [-0.39, 0.29) is 6.04 Å². The predicted molar refractivity (Wildman–Crippen MR) is 89.0 cm³/mol. The van der Waals surface area contributed by atoms with E-state index in [0.29, 0.717) is 5.92 Å². The van der Waals surface area contributed by atoms with Crippen molar-refractivity contribution in [3.63, 3.8) is 0 Å². The molecule has 1 atom stereocenters. The first kappa shape index (κ1) is 16.4. The molecule has 124 valence electrons. The fraction of sp³-hybridized carbons (Fsp3) is 0.800. The summed E-state index contributed by atoms with van der Waals surface area (Å²) in [5.74, 6) is 0.517. The van der Waals surface area contributed by atoms with E-state index >= 15 is 0 Å². The number of rotatable bonds is 6. The van der Waals surface area contributed by atoms with Crippen molar-refractivity contribution in [2.45, 2.75) is 64.0 Å². The number of thiazole rings is 1. The van der Waals surface area contributed by atoms with Gasteiger partial charge in [0, 0.05) is 24.2 Å². The van der Waals surface area contributed by atoms with Gasteiger partial charge in [-0.25, -0.2) is 4.98 Å². The van der Waals surface area contributed by atoms with Gasteiger partial charge in [-0.2, -0.15) is 17.4 Å². The van der Waals surface area contributed by atoms with Gasteiger partial charge in [0.25, 0.3) is 10.2 Å². The molecule has 22 heavy (non-hydrogen) atoms. The van der Waals surface area contributed by atoms with E-state index in [2.05, 4.69) is 9.71 Å². The summed E-state index contributed by atoms with van der Waals surface area (Å²) in [6.07, 6.45) is 6.04. The lowest BCUT2D eigenvalue weighted by Gasteiger charge is -2.32.